The summed E-state index contributed by atoms with van der Waals surface area (Å²) in [5.41, 5.74) is 7.05. The van der Waals surface area contributed by atoms with Gasteiger partial charge in [0.15, 0.2) is 5.78 Å². The maximum atomic E-state index is 12.2. The number of ketones is 1. The molecule has 0 atom stereocenters. The summed E-state index contributed by atoms with van der Waals surface area (Å²) in [4.78, 5) is 20.8. The van der Waals surface area contributed by atoms with E-state index in [1.54, 1.807) is 6.26 Å². The average Bonchev–Trinajstić information content (AvgIpc) is 2.86. The van der Waals surface area contributed by atoms with E-state index in [-0.39, 0.29) is 17.0 Å². The van der Waals surface area contributed by atoms with E-state index in [0.717, 1.165) is 17.9 Å². The number of rotatable bonds is 3. The zero-order valence-electron chi connectivity index (χ0n) is 12.1. The number of aromatic nitrogens is 2. The predicted octanol–water partition coefficient (Wildman–Crippen LogP) is 2.42. The summed E-state index contributed by atoms with van der Waals surface area (Å²) in [6.45, 7) is 4.59. The molecular weight excluding hydrogens is 268 g/mol. The highest BCUT2D eigenvalue weighted by Gasteiger charge is 2.34. The summed E-state index contributed by atoms with van der Waals surface area (Å²) in [6, 6.07) is 3.68. The van der Waals surface area contributed by atoms with E-state index in [1.165, 1.54) is 0 Å². The number of carbonyl (C=O) groups excluding carboxylic acids is 1. The van der Waals surface area contributed by atoms with Gasteiger partial charge in [-0.25, -0.2) is 4.98 Å². The molecule has 6 heteroatoms. The van der Waals surface area contributed by atoms with Gasteiger partial charge in [0.05, 0.1) is 24.1 Å². The third kappa shape index (κ3) is 2.74. The van der Waals surface area contributed by atoms with Crippen LogP contribution < -0.4 is 11.1 Å². The minimum Gasteiger partial charge on any atom is -0.467 e. The summed E-state index contributed by atoms with van der Waals surface area (Å²) in [5, 5.41) is 3.07. The molecule has 2 aromatic heterocycles. The highest BCUT2D eigenvalue weighted by atomic mass is 16.3. The molecule has 0 saturated heterocycles. The highest BCUT2D eigenvalue weighted by Crippen LogP contribution is 2.35. The van der Waals surface area contributed by atoms with Crippen molar-refractivity contribution in [2.24, 2.45) is 5.41 Å². The van der Waals surface area contributed by atoms with Gasteiger partial charge in [-0.15, -0.1) is 0 Å². The van der Waals surface area contributed by atoms with E-state index >= 15 is 0 Å². The van der Waals surface area contributed by atoms with Gasteiger partial charge in [-0.2, -0.15) is 4.98 Å². The molecule has 3 N–H and O–H groups in total. The van der Waals surface area contributed by atoms with Crippen molar-refractivity contribution < 1.29 is 9.21 Å². The molecule has 0 aliphatic heterocycles. The van der Waals surface area contributed by atoms with Crippen LogP contribution in [0.3, 0.4) is 0 Å². The Morgan fingerprint density at radius 3 is 2.90 bits per heavy atom. The maximum Gasteiger partial charge on any atom is 0.225 e. The summed E-state index contributed by atoms with van der Waals surface area (Å²) in [5.74, 6) is 1.48. The Balaban J connectivity index is 1.88. The van der Waals surface area contributed by atoms with Crippen LogP contribution in [0.15, 0.2) is 22.8 Å². The van der Waals surface area contributed by atoms with Crippen molar-refractivity contribution in [2.45, 2.75) is 33.2 Å². The number of nitrogens with one attached hydrogen (secondary N) is 1. The number of fused-ring (bicyclic) bond motifs is 1. The number of nitrogen functional groups attached to an aromatic ring is 1. The van der Waals surface area contributed by atoms with Crippen LogP contribution in [-0.2, 0) is 13.0 Å². The Morgan fingerprint density at radius 1 is 1.38 bits per heavy atom. The molecule has 0 fully saturated rings. The molecule has 3 rings (SSSR count). The molecule has 6 nitrogen and oxygen atoms in total. The van der Waals surface area contributed by atoms with Crippen LogP contribution >= 0.6 is 0 Å². The van der Waals surface area contributed by atoms with Crippen LogP contribution in [0, 0.1) is 5.41 Å². The third-order valence-electron chi connectivity index (χ3n) is 3.58. The highest BCUT2D eigenvalue weighted by molar-refractivity contribution is 6.02. The minimum absolute atomic E-state index is 0.0244. The topological polar surface area (TPSA) is 94.0 Å². The second-order valence-electron chi connectivity index (χ2n) is 6.13. The number of nitrogens with zero attached hydrogens (tertiary/aromatic N) is 2. The lowest BCUT2D eigenvalue weighted by molar-refractivity contribution is 0.0911. The SMILES string of the molecule is CC1(C)CC(=O)c2c(N)nc(NCc3ccco3)nc2C1. The number of carbonyl (C=O) groups is 1. The lowest BCUT2D eigenvalue weighted by atomic mass is 9.76. The van der Waals surface area contributed by atoms with Crippen LogP contribution in [0.4, 0.5) is 11.8 Å². The molecule has 0 aromatic carbocycles. The van der Waals surface area contributed by atoms with Gasteiger partial charge >= 0.3 is 0 Å². The van der Waals surface area contributed by atoms with Crippen molar-refractivity contribution in [3.05, 3.63) is 35.4 Å². The molecule has 21 heavy (non-hydrogen) atoms. The maximum absolute atomic E-state index is 12.2. The molecule has 0 unspecified atom stereocenters. The first kappa shape index (κ1) is 13.6. The summed E-state index contributed by atoms with van der Waals surface area (Å²) < 4.78 is 5.24. The standard InChI is InChI=1S/C15H18N4O2/c1-15(2)6-10-12(11(20)7-15)13(16)19-14(18-10)17-8-9-4-3-5-21-9/h3-5H,6-8H2,1-2H3,(H3,16,17,18,19). The van der Waals surface area contributed by atoms with Crippen molar-refractivity contribution in [3.8, 4) is 0 Å². The van der Waals surface area contributed by atoms with E-state index in [2.05, 4.69) is 29.1 Å². The van der Waals surface area contributed by atoms with Gasteiger partial charge < -0.3 is 15.5 Å². The second kappa shape index (κ2) is 4.87. The fraction of sp³-hybridized carbons (Fsp3) is 0.400. The first-order valence-corrected chi connectivity index (χ1v) is 6.90. The van der Waals surface area contributed by atoms with Crippen molar-refractivity contribution in [1.82, 2.24) is 9.97 Å². The number of hydrogen-bond donors (Lipinski definition) is 2. The third-order valence-corrected chi connectivity index (χ3v) is 3.58. The van der Waals surface area contributed by atoms with Crippen molar-refractivity contribution in [2.75, 3.05) is 11.1 Å². The average molecular weight is 286 g/mol. The van der Waals surface area contributed by atoms with Crippen LogP contribution in [-0.4, -0.2) is 15.8 Å². The van der Waals surface area contributed by atoms with E-state index in [9.17, 15) is 4.79 Å². The molecule has 1 aliphatic carbocycles. The van der Waals surface area contributed by atoms with Crippen LogP contribution in [0.1, 0.15) is 42.1 Å². The predicted molar refractivity (Wildman–Crippen MR) is 78.9 cm³/mol. The first-order valence-electron chi connectivity index (χ1n) is 6.90. The fourth-order valence-electron chi connectivity index (χ4n) is 2.66. The molecule has 0 amide bonds. The zero-order valence-corrected chi connectivity index (χ0v) is 12.1. The number of Topliss-reactive ketones (excluding diaryl/α,β-unsaturated/α-hetero) is 1. The lowest BCUT2D eigenvalue weighted by Gasteiger charge is -2.29. The Hall–Kier alpha value is -2.37. The van der Waals surface area contributed by atoms with Gasteiger partial charge in [0.25, 0.3) is 0 Å². The molecule has 0 saturated carbocycles. The normalized spacial score (nSPS) is 16.6. The summed E-state index contributed by atoms with van der Waals surface area (Å²) in [6.07, 6.45) is 2.81. The smallest absolute Gasteiger partial charge is 0.225 e. The molecular formula is C15H18N4O2. The molecule has 2 aromatic rings. The molecule has 110 valence electrons. The Kier molecular flexibility index (Phi) is 3.16. The van der Waals surface area contributed by atoms with E-state index in [0.29, 0.717) is 24.5 Å². The fourth-order valence-corrected chi connectivity index (χ4v) is 2.66. The number of anilines is 2. The molecule has 0 bridgehead atoms. The molecule has 2 heterocycles. The van der Waals surface area contributed by atoms with Gasteiger partial charge in [-0.1, -0.05) is 13.8 Å². The number of hydrogen-bond acceptors (Lipinski definition) is 6. The molecule has 0 spiro atoms. The Labute approximate surface area is 122 Å². The zero-order chi connectivity index (χ0) is 15.0. The Morgan fingerprint density at radius 2 is 2.19 bits per heavy atom. The second-order valence-corrected chi connectivity index (χ2v) is 6.13. The van der Waals surface area contributed by atoms with Crippen molar-refractivity contribution in [1.29, 1.82) is 0 Å². The number of furan rings is 1. The minimum atomic E-state index is -0.0941. The summed E-state index contributed by atoms with van der Waals surface area (Å²) >= 11 is 0. The summed E-state index contributed by atoms with van der Waals surface area (Å²) in [7, 11) is 0. The molecule has 0 radical (unpaired) electrons. The van der Waals surface area contributed by atoms with Crippen LogP contribution in [0.25, 0.3) is 0 Å². The van der Waals surface area contributed by atoms with Crippen LogP contribution in [0.5, 0.6) is 0 Å². The van der Waals surface area contributed by atoms with Crippen molar-refractivity contribution in [3.63, 3.8) is 0 Å². The van der Waals surface area contributed by atoms with Gasteiger partial charge in [-0.3, -0.25) is 4.79 Å². The molecule has 1 aliphatic rings. The first-order chi connectivity index (χ1) is 9.94. The van der Waals surface area contributed by atoms with Gasteiger partial charge in [0.1, 0.15) is 11.6 Å². The van der Waals surface area contributed by atoms with Crippen LogP contribution in [0.2, 0.25) is 0 Å². The van der Waals surface area contributed by atoms with E-state index in [1.807, 2.05) is 12.1 Å². The van der Waals surface area contributed by atoms with E-state index < -0.39 is 0 Å². The van der Waals surface area contributed by atoms with Gasteiger partial charge in [-0.05, 0) is 24.0 Å². The van der Waals surface area contributed by atoms with Crippen molar-refractivity contribution >= 4 is 17.5 Å². The van der Waals surface area contributed by atoms with E-state index in [4.69, 9.17) is 10.2 Å². The van der Waals surface area contributed by atoms with Gasteiger partial charge in [0.2, 0.25) is 5.95 Å². The van der Waals surface area contributed by atoms with Gasteiger partial charge in [0, 0.05) is 6.42 Å². The number of nitrogens with two attached hydrogens (primary N) is 1. The Bertz CT molecular complexity index is 677. The lowest BCUT2D eigenvalue weighted by Crippen LogP contribution is -2.29. The monoisotopic (exact) mass is 286 g/mol. The quantitative estimate of drug-likeness (QED) is 0.900. The largest absolute Gasteiger partial charge is 0.467 e.